The molecule has 141 valence electrons. The number of fused-ring (bicyclic) bond motifs is 1. The van der Waals surface area contributed by atoms with Crippen LogP contribution < -0.4 is 0 Å². The first-order valence-electron chi connectivity index (χ1n) is 9.30. The molecule has 0 spiro atoms. The van der Waals surface area contributed by atoms with Gasteiger partial charge in [0.2, 0.25) is 0 Å². The second kappa shape index (κ2) is 12.5. The quantitative estimate of drug-likeness (QED) is 0.290. The Hall–Kier alpha value is -1.93. The zero-order chi connectivity index (χ0) is 19.6. The second-order valence-corrected chi connectivity index (χ2v) is 9.73. The van der Waals surface area contributed by atoms with Crippen LogP contribution in [0.5, 0.6) is 0 Å². The first-order valence-corrected chi connectivity index (χ1v) is 11.9. The van der Waals surface area contributed by atoms with E-state index >= 15 is 0 Å². The molecule has 1 aliphatic carbocycles. The third kappa shape index (κ3) is 7.60. The molecule has 1 unspecified atom stereocenters. The fourth-order valence-corrected chi connectivity index (χ4v) is 5.08. The van der Waals surface area contributed by atoms with E-state index < -0.39 is 0 Å². The van der Waals surface area contributed by atoms with Crippen LogP contribution >= 0.6 is 0 Å². The van der Waals surface area contributed by atoms with E-state index in [9.17, 15) is 0 Å². The monoisotopic (exact) mass is 417 g/mol. The fraction of sp³-hybridized carbons (Fsp3) is 0.154. The maximum atomic E-state index is 3.72. The topological polar surface area (TPSA) is 0 Å². The molecule has 0 saturated heterocycles. The van der Waals surface area contributed by atoms with Crippen molar-refractivity contribution in [3.63, 3.8) is 0 Å². The summed E-state index contributed by atoms with van der Waals surface area (Å²) in [5, 5.41) is 0. The summed E-state index contributed by atoms with van der Waals surface area (Å²) < 4.78 is 0. The molecular formula is C26H29SiTi. The van der Waals surface area contributed by atoms with Crippen molar-refractivity contribution in [2.75, 3.05) is 0 Å². The minimum absolute atomic E-state index is 0. The van der Waals surface area contributed by atoms with E-state index in [4.69, 9.17) is 0 Å². The molecule has 0 saturated carbocycles. The van der Waals surface area contributed by atoms with E-state index in [-0.39, 0.29) is 30.5 Å². The summed E-state index contributed by atoms with van der Waals surface area (Å²) in [6.07, 6.45) is 2.34. The van der Waals surface area contributed by atoms with Crippen LogP contribution in [0.3, 0.4) is 0 Å². The zero-order valence-electron chi connectivity index (χ0n) is 17.2. The predicted octanol–water partition coefficient (Wildman–Crippen LogP) is 7.22. The van der Waals surface area contributed by atoms with Crippen molar-refractivity contribution in [1.82, 2.24) is 0 Å². The molecule has 1 atom stereocenters. The third-order valence-electron chi connectivity index (χ3n) is 4.41. The molecule has 0 aliphatic heterocycles. The maximum Gasteiger partial charge on any atom is 2.00 e. The molecule has 0 amide bonds. The summed E-state index contributed by atoms with van der Waals surface area (Å²) in [5.74, 6) is 0. The molecule has 0 N–H and O–H groups in total. The van der Waals surface area contributed by atoms with Gasteiger partial charge in [0.1, 0.15) is 0 Å². The number of hydrogen-bond acceptors (Lipinski definition) is 0. The first kappa shape index (κ1) is 24.1. The normalized spacial score (nSPS) is 13.7. The number of allylic oxidation sites excluding steroid dienone is 1. The smallest absolute Gasteiger partial charge is 0.199 e. The van der Waals surface area contributed by atoms with E-state index in [1.165, 1.54) is 5.56 Å². The van der Waals surface area contributed by atoms with Crippen LogP contribution in [0.25, 0.3) is 6.08 Å². The summed E-state index contributed by atoms with van der Waals surface area (Å²) in [5.41, 5.74) is 7.45. The van der Waals surface area contributed by atoms with Gasteiger partial charge in [0.15, 0.2) is 0 Å². The van der Waals surface area contributed by atoms with Crippen LogP contribution in [-0.2, 0) is 21.7 Å². The molecule has 0 heterocycles. The summed E-state index contributed by atoms with van der Waals surface area (Å²) in [4.78, 5) is 0. The predicted molar refractivity (Wildman–Crippen MR) is 122 cm³/mol. The van der Waals surface area contributed by atoms with Crippen LogP contribution in [-0.4, -0.2) is 8.80 Å². The molecular weight excluding hydrogens is 388 g/mol. The standard InChI is InChI=1S/C12H15Si.2C7H7.Ti/c1-9-8-10-6-4-5-7-11(10)12(9)13(2)3;2*1-7-5-3-2-4-6-7;/h4-8,12H,1-3H3;2*2-6H,1H2;/q;2*-1;+2. The largest absolute Gasteiger partial charge is 2.00 e. The molecule has 1 radical (unpaired) electrons. The summed E-state index contributed by atoms with van der Waals surface area (Å²) >= 11 is 0. The van der Waals surface area contributed by atoms with Gasteiger partial charge in [-0.05, 0) is 23.6 Å². The Kier molecular flexibility index (Phi) is 10.8. The molecule has 3 aromatic rings. The van der Waals surface area contributed by atoms with Gasteiger partial charge in [-0.1, -0.05) is 61.1 Å². The van der Waals surface area contributed by atoms with Crippen molar-refractivity contribution in [3.8, 4) is 0 Å². The molecule has 0 bridgehead atoms. The van der Waals surface area contributed by atoms with Gasteiger partial charge in [-0.25, -0.2) is 0 Å². The summed E-state index contributed by atoms with van der Waals surface area (Å²) in [6, 6.07) is 28.5. The van der Waals surface area contributed by atoms with Crippen LogP contribution in [0, 0.1) is 13.8 Å². The average Bonchev–Trinajstić information content (AvgIpc) is 3.00. The van der Waals surface area contributed by atoms with Crippen molar-refractivity contribution in [2.24, 2.45) is 0 Å². The Balaban J connectivity index is 0.000000224. The van der Waals surface area contributed by atoms with Crippen molar-refractivity contribution in [3.05, 3.63) is 127 Å². The molecule has 28 heavy (non-hydrogen) atoms. The molecule has 3 aromatic carbocycles. The van der Waals surface area contributed by atoms with Gasteiger partial charge in [-0.2, -0.15) is 49.2 Å². The van der Waals surface area contributed by atoms with Crippen molar-refractivity contribution >= 4 is 14.9 Å². The van der Waals surface area contributed by atoms with Gasteiger partial charge in [0, 0.05) is 0 Å². The number of benzene rings is 3. The van der Waals surface area contributed by atoms with Crippen LogP contribution in [0.1, 0.15) is 34.7 Å². The SMILES string of the molecule is CC1=Cc2ccccc2C1[Si](C)C.[CH2-]c1ccccc1.[CH2-]c1ccccc1.[Ti+2]. The molecule has 2 heteroatoms. The summed E-state index contributed by atoms with van der Waals surface area (Å²) in [7, 11) is -0.241. The first-order chi connectivity index (χ1) is 13.0. The van der Waals surface area contributed by atoms with E-state index in [0.717, 1.165) is 16.7 Å². The Morgan fingerprint density at radius 2 is 1.11 bits per heavy atom. The van der Waals surface area contributed by atoms with E-state index in [1.807, 2.05) is 60.7 Å². The van der Waals surface area contributed by atoms with E-state index in [1.54, 1.807) is 11.1 Å². The van der Waals surface area contributed by atoms with Gasteiger partial charge in [-0.3, -0.25) is 0 Å². The average molecular weight is 417 g/mol. The minimum Gasteiger partial charge on any atom is -0.199 e. The van der Waals surface area contributed by atoms with Crippen LogP contribution in [0.2, 0.25) is 13.1 Å². The molecule has 0 aromatic heterocycles. The van der Waals surface area contributed by atoms with Gasteiger partial charge in [0.25, 0.3) is 0 Å². The Labute approximate surface area is 188 Å². The molecule has 0 nitrogen and oxygen atoms in total. The zero-order valence-corrected chi connectivity index (χ0v) is 19.7. The fourth-order valence-electron chi connectivity index (χ4n) is 3.20. The molecule has 0 fully saturated rings. The van der Waals surface area contributed by atoms with Gasteiger partial charge < -0.3 is 0 Å². The number of rotatable bonds is 1. The van der Waals surface area contributed by atoms with Gasteiger partial charge in [-0.15, -0.1) is 24.3 Å². The van der Waals surface area contributed by atoms with E-state index in [2.05, 4.69) is 64.2 Å². The van der Waals surface area contributed by atoms with Gasteiger partial charge >= 0.3 is 21.7 Å². The number of hydrogen-bond donors (Lipinski definition) is 0. The van der Waals surface area contributed by atoms with Crippen molar-refractivity contribution < 1.29 is 21.7 Å². The van der Waals surface area contributed by atoms with E-state index in [0.29, 0.717) is 0 Å². The second-order valence-electron chi connectivity index (χ2n) is 7.00. The van der Waals surface area contributed by atoms with Crippen LogP contribution in [0.15, 0.2) is 90.5 Å². The Bertz CT molecular complexity index is 801. The Morgan fingerprint density at radius 3 is 1.50 bits per heavy atom. The van der Waals surface area contributed by atoms with Crippen molar-refractivity contribution in [2.45, 2.75) is 25.6 Å². The van der Waals surface area contributed by atoms with Gasteiger partial charge in [0.05, 0.1) is 8.80 Å². The van der Waals surface area contributed by atoms with Crippen LogP contribution in [0.4, 0.5) is 0 Å². The maximum absolute atomic E-state index is 3.72. The summed E-state index contributed by atoms with van der Waals surface area (Å²) in [6.45, 7) is 14.5. The van der Waals surface area contributed by atoms with Crippen molar-refractivity contribution in [1.29, 1.82) is 0 Å². The molecule has 4 rings (SSSR count). The minimum atomic E-state index is -0.241. The third-order valence-corrected chi connectivity index (χ3v) is 6.33. The molecule has 1 aliphatic rings. The Morgan fingerprint density at radius 1 is 0.679 bits per heavy atom.